The first-order valence-electron chi connectivity index (χ1n) is 8.22. The maximum absolute atomic E-state index is 13.8. The van der Waals surface area contributed by atoms with Crippen LogP contribution in [0.3, 0.4) is 0 Å². The molecule has 1 aliphatic heterocycles. The van der Waals surface area contributed by atoms with Gasteiger partial charge in [-0.15, -0.1) is 0 Å². The summed E-state index contributed by atoms with van der Waals surface area (Å²) in [7, 11) is 1.45. The van der Waals surface area contributed by atoms with Crippen molar-refractivity contribution in [3.8, 4) is 11.5 Å². The number of benzene rings is 2. The third-order valence-corrected chi connectivity index (χ3v) is 4.20. The summed E-state index contributed by atoms with van der Waals surface area (Å²) in [6.45, 7) is 3.26. The van der Waals surface area contributed by atoms with Gasteiger partial charge in [0.25, 0.3) is 0 Å². The zero-order chi connectivity index (χ0) is 17.6. The Morgan fingerprint density at radius 1 is 1.08 bits per heavy atom. The molecule has 0 atom stereocenters. The van der Waals surface area contributed by atoms with Gasteiger partial charge in [0.05, 0.1) is 7.11 Å². The molecule has 6 heteroatoms. The molecule has 2 aromatic carbocycles. The van der Waals surface area contributed by atoms with Gasteiger partial charge in [-0.2, -0.15) is 0 Å². The molecule has 5 nitrogen and oxygen atoms in total. The topological polar surface area (TPSA) is 42.0 Å². The van der Waals surface area contributed by atoms with E-state index >= 15 is 0 Å². The van der Waals surface area contributed by atoms with E-state index in [9.17, 15) is 9.18 Å². The summed E-state index contributed by atoms with van der Waals surface area (Å²) in [6, 6.07) is 14.0. The van der Waals surface area contributed by atoms with Crippen LogP contribution in [0.1, 0.15) is 5.56 Å². The Kier molecular flexibility index (Phi) is 5.50. The lowest BCUT2D eigenvalue weighted by atomic mass is 10.2. The highest BCUT2D eigenvalue weighted by Crippen LogP contribution is 2.19. The molecule has 1 heterocycles. The van der Waals surface area contributed by atoms with Gasteiger partial charge in [-0.05, 0) is 29.8 Å². The number of rotatable bonds is 4. The number of piperazine rings is 1. The Morgan fingerprint density at radius 2 is 1.80 bits per heavy atom. The van der Waals surface area contributed by atoms with Crippen molar-refractivity contribution in [3.63, 3.8) is 0 Å². The summed E-state index contributed by atoms with van der Waals surface area (Å²) in [4.78, 5) is 16.0. The van der Waals surface area contributed by atoms with E-state index in [1.807, 2.05) is 24.3 Å². The maximum Gasteiger partial charge on any atom is 0.415 e. The summed E-state index contributed by atoms with van der Waals surface area (Å²) >= 11 is 0. The van der Waals surface area contributed by atoms with Crippen molar-refractivity contribution in [3.05, 3.63) is 59.9 Å². The Balaban J connectivity index is 1.50. The molecule has 2 aromatic rings. The van der Waals surface area contributed by atoms with Gasteiger partial charge >= 0.3 is 6.09 Å². The van der Waals surface area contributed by atoms with Gasteiger partial charge in [0.15, 0.2) is 11.6 Å². The number of hydrogen-bond acceptors (Lipinski definition) is 4. The zero-order valence-electron chi connectivity index (χ0n) is 14.2. The summed E-state index contributed by atoms with van der Waals surface area (Å²) in [6.07, 6.45) is -0.332. The number of carbonyl (C=O) groups excluding carboxylic acids is 1. The number of hydrogen-bond donors (Lipinski definition) is 0. The fraction of sp³-hybridized carbons (Fsp3) is 0.316. The number of ether oxygens (including phenoxy) is 2. The van der Waals surface area contributed by atoms with Crippen LogP contribution in [0.15, 0.2) is 48.5 Å². The van der Waals surface area contributed by atoms with Gasteiger partial charge in [-0.1, -0.05) is 24.3 Å². The van der Waals surface area contributed by atoms with Crippen LogP contribution in [0.25, 0.3) is 0 Å². The SMILES string of the molecule is COc1ccc(CN2CCN(C(=O)Oc3ccccc3)CC2)cc1F. The Labute approximate surface area is 146 Å². The zero-order valence-corrected chi connectivity index (χ0v) is 14.2. The molecule has 0 spiro atoms. The van der Waals surface area contributed by atoms with Crippen molar-refractivity contribution in [1.29, 1.82) is 0 Å². The van der Waals surface area contributed by atoms with Gasteiger partial charge in [-0.3, -0.25) is 4.90 Å². The molecule has 0 N–H and O–H groups in total. The van der Waals surface area contributed by atoms with E-state index in [1.54, 1.807) is 23.1 Å². The third kappa shape index (κ3) is 4.48. The van der Waals surface area contributed by atoms with Crippen molar-refractivity contribution in [2.24, 2.45) is 0 Å². The summed E-state index contributed by atoms with van der Waals surface area (Å²) < 4.78 is 24.1. The van der Waals surface area contributed by atoms with E-state index in [2.05, 4.69) is 4.90 Å². The Hall–Kier alpha value is -2.60. The van der Waals surface area contributed by atoms with E-state index < -0.39 is 0 Å². The number of halogens is 1. The molecule has 0 radical (unpaired) electrons. The van der Waals surface area contributed by atoms with E-state index in [-0.39, 0.29) is 17.7 Å². The lowest BCUT2D eigenvalue weighted by Crippen LogP contribution is -2.49. The lowest BCUT2D eigenvalue weighted by molar-refractivity contribution is 0.108. The average Bonchev–Trinajstić information content (AvgIpc) is 2.63. The largest absolute Gasteiger partial charge is 0.494 e. The fourth-order valence-corrected chi connectivity index (χ4v) is 2.81. The fourth-order valence-electron chi connectivity index (χ4n) is 2.81. The van der Waals surface area contributed by atoms with Gasteiger partial charge in [-0.25, -0.2) is 9.18 Å². The number of methoxy groups -OCH3 is 1. The van der Waals surface area contributed by atoms with Crippen LogP contribution in [0.4, 0.5) is 9.18 Å². The van der Waals surface area contributed by atoms with Crippen LogP contribution in [0, 0.1) is 5.82 Å². The molecule has 0 aromatic heterocycles. The minimum absolute atomic E-state index is 0.247. The van der Waals surface area contributed by atoms with Crippen molar-refractivity contribution in [2.75, 3.05) is 33.3 Å². The normalized spacial score (nSPS) is 15.0. The Morgan fingerprint density at radius 3 is 2.44 bits per heavy atom. The Bertz CT molecular complexity index is 716. The highest BCUT2D eigenvalue weighted by atomic mass is 19.1. The van der Waals surface area contributed by atoms with Gasteiger partial charge < -0.3 is 14.4 Å². The van der Waals surface area contributed by atoms with Crippen LogP contribution in [0.2, 0.25) is 0 Å². The molecular formula is C19H21FN2O3. The van der Waals surface area contributed by atoms with Crippen LogP contribution >= 0.6 is 0 Å². The first-order chi connectivity index (χ1) is 12.2. The third-order valence-electron chi connectivity index (χ3n) is 4.20. The molecule has 0 bridgehead atoms. The van der Waals surface area contributed by atoms with E-state index in [0.717, 1.165) is 18.7 Å². The van der Waals surface area contributed by atoms with Gasteiger partial charge in [0.2, 0.25) is 0 Å². The van der Waals surface area contributed by atoms with Crippen LogP contribution < -0.4 is 9.47 Å². The van der Waals surface area contributed by atoms with Crippen LogP contribution in [-0.2, 0) is 6.54 Å². The highest BCUT2D eigenvalue weighted by molar-refractivity contribution is 5.70. The van der Waals surface area contributed by atoms with Crippen LogP contribution in [0.5, 0.6) is 11.5 Å². The molecule has 0 saturated carbocycles. The molecule has 0 aliphatic carbocycles. The number of para-hydroxylation sites is 1. The minimum Gasteiger partial charge on any atom is -0.494 e. The molecule has 25 heavy (non-hydrogen) atoms. The van der Waals surface area contributed by atoms with Crippen molar-refractivity contribution in [2.45, 2.75) is 6.54 Å². The number of nitrogens with zero attached hydrogens (tertiary/aromatic N) is 2. The highest BCUT2D eigenvalue weighted by Gasteiger charge is 2.22. The monoisotopic (exact) mass is 344 g/mol. The van der Waals surface area contributed by atoms with Crippen molar-refractivity contribution >= 4 is 6.09 Å². The molecule has 0 unspecified atom stereocenters. The van der Waals surface area contributed by atoms with E-state index in [1.165, 1.54) is 13.2 Å². The molecule has 1 saturated heterocycles. The first-order valence-corrected chi connectivity index (χ1v) is 8.22. The van der Waals surface area contributed by atoms with Gasteiger partial charge in [0, 0.05) is 32.7 Å². The van der Waals surface area contributed by atoms with Crippen molar-refractivity contribution in [1.82, 2.24) is 9.80 Å². The van der Waals surface area contributed by atoms with E-state index in [0.29, 0.717) is 25.4 Å². The minimum atomic E-state index is -0.356. The molecule has 3 rings (SSSR count). The van der Waals surface area contributed by atoms with Gasteiger partial charge in [0.1, 0.15) is 5.75 Å². The molecular weight excluding hydrogens is 323 g/mol. The number of carbonyl (C=O) groups is 1. The predicted molar refractivity (Wildman–Crippen MR) is 92.3 cm³/mol. The lowest BCUT2D eigenvalue weighted by Gasteiger charge is -2.34. The van der Waals surface area contributed by atoms with E-state index in [4.69, 9.17) is 9.47 Å². The van der Waals surface area contributed by atoms with Crippen LogP contribution in [-0.4, -0.2) is 49.2 Å². The average molecular weight is 344 g/mol. The smallest absolute Gasteiger partial charge is 0.415 e. The second kappa shape index (κ2) is 7.98. The molecule has 1 amide bonds. The maximum atomic E-state index is 13.8. The number of amides is 1. The first kappa shape index (κ1) is 17.2. The summed E-state index contributed by atoms with van der Waals surface area (Å²) in [5.74, 6) is 0.436. The van der Waals surface area contributed by atoms with Crippen molar-refractivity contribution < 1.29 is 18.7 Å². The standard InChI is InChI=1S/C19H21FN2O3/c1-24-18-8-7-15(13-17(18)20)14-21-9-11-22(12-10-21)19(23)25-16-5-3-2-4-6-16/h2-8,13H,9-12,14H2,1H3. The second-order valence-corrected chi connectivity index (χ2v) is 5.91. The molecule has 1 aliphatic rings. The summed E-state index contributed by atoms with van der Waals surface area (Å²) in [5, 5.41) is 0. The molecule has 132 valence electrons. The summed E-state index contributed by atoms with van der Waals surface area (Å²) in [5.41, 5.74) is 0.888. The quantitative estimate of drug-likeness (QED) is 0.854. The second-order valence-electron chi connectivity index (χ2n) is 5.91. The molecule has 1 fully saturated rings. The predicted octanol–water partition coefficient (Wildman–Crippen LogP) is 3.15.